The van der Waals surface area contributed by atoms with Crippen molar-refractivity contribution in [2.24, 2.45) is 5.92 Å². The SMILES string of the molecule is CC1(c2ccc(Cl)s2)CC1CO. The zero-order chi connectivity index (χ0) is 8.77. The van der Waals surface area contributed by atoms with Gasteiger partial charge in [0.05, 0.1) is 4.34 Å². The first-order valence-electron chi connectivity index (χ1n) is 4.03. The van der Waals surface area contributed by atoms with Gasteiger partial charge in [-0.15, -0.1) is 11.3 Å². The zero-order valence-electron chi connectivity index (χ0n) is 6.88. The second-order valence-electron chi connectivity index (χ2n) is 3.60. The lowest BCUT2D eigenvalue weighted by atomic mass is 10.1. The van der Waals surface area contributed by atoms with Crippen molar-refractivity contribution in [3.05, 3.63) is 21.3 Å². The van der Waals surface area contributed by atoms with Crippen LogP contribution in [0.4, 0.5) is 0 Å². The van der Waals surface area contributed by atoms with Gasteiger partial charge < -0.3 is 5.11 Å². The minimum absolute atomic E-state index is 0.215. The highest BCUT2D eigenvalue weighted by molar-refractivity contribution is 7.16. The molecule has 2 atom stereocenters. The highest BCUT2D eigenvalue weighted by atomic mass is 35.5. The lowest BCUT2D eigenvalue weighted by Crippen LogP contribution is -2.03. The van der Waals surface area contributed by atoms with E-state index in [0.717, 1.165) is 10.8 Å². The molecule has 66 valence electrons. The van der Waals surface area contributed by atoms with Crippen molar-refractivity contribution in [3.8, 4) is 0 Å². The lowest BCUT2D eigenvalue weighted by Gasteiger charge is -2.05. The van der Waals surface area contributed by atoms with Crippen LogP contribution in [0.3, 0.4) is 0 Å². The molecule has 1 saturated carbocycles. The van der Waals surface area contributed by atoms with Gasteiger partial charge in [0.2, 0.25) is 0 Å². The number of hydrogen-bond acceptors (Lipinski definition) is 2. The van der Waals surface area contributed by atoms with Crippen molar-refractivity contribution in [3.63, 3.8) is 0 Å². The van der Waals surface area contributed by atoms with Gasteiger partial charge in [-0.05, 0) is 24.5 Å². The fourth-order valence-corrected chi connectivity index (χ4v) is 2.92. The van der Waals surface area contributed by atoms with Gasteiger partial charge in [0, 0.05) is 16.9 Å². The van der Waals surface area contributed by atoms with Crippen molar-refractivity contribution < 1.29 is 5.11 Å². The van der Waals surface area contributed by atoms with Crippen LogP contribution in [0.2, 0.25) is 4.34 Å². The third-order valence-electron chi connectivity index (χ3n) is 2.77. The van der Waals surface area contributed by atoms with Gasteiger partial charge in [0.1, 0.15) is 0 Å². The van der Waals surface area contributed by atoms with Gasteiger partial charge in [-0.3, -0.25) is 0 Å². The quantitative estimate of drug-likeness (QED) is 0.782. The summed E-state index contributed by atoms with van der Waals surface area (Å²) < 4.78 is 0.842. The minimum Gasteiger partial charge on any atom is -0.396 e. The normalized spacial score (nSPS) is 33.8. The summed E-state index contributed by atoms with van der Waals surface area (Å²) in [7, 11) is 0. The van der Waals surface area contributed by atoms with Crippen LogP contribution in [0.25, 0.3) is 0 Å². The predicted molar refractivity (Wildman–Crippen MR) is 51.9 cm³/mol. The molecule has 2 unspecified atom stereocenters. The molecule has 3 heteroatoms. The predicted octanol–water partition coefficient (Wildman–Crippen LogP) is 2.67. The van der Waals surface area contributed by atoms with Crippen LogP contribution in [0.15, 0.2) is 12.1 Å². The zero-order valence-corrected chi connectivity index (χ0v) is 8.45. The smallest absolute Gasteiger partial charge is 0.0931 e. The van der Waals surface area contributed by atoms with E-state index in [1.165, 1.54) is 4.88 Å². The van der Waals surface area contributed by atoms with Crippen molar-refractivity contribution in [1.82, 2.24) is 0 Å². The molecule has 1 aromatic heterocycles. The van der Waals surface area contributed by atoms with Crippen molar-refractivity contribution in [1.29, 1.82) is 0 Å². The van der Waals surface area contributed by atoms with Crippen LogP contribution in [0, 0.1) is 5.92 Å². The van der Waals surface area contributed by atoms with E-state index in [-0.39, 0.29) is 5.41 Å². The summed E-state index contributed by atoms with van der Waals surface area (Å²) >= 11 is 7.47. The Balaban J connectivity index is 2.22. The van der Waals surface area contributed by atoms with Gasteiger partial charge >= 0.3 is 0 Å². The first-order chi connectivity index (χ1) is 5.66. The molecule has 0 radical (unpaired) electrons. The van der Waals surface area contributed by atoms with E-state index in [2.05, 4.69) is 13.0 Å². The Bertz CT molecular complexity index is 296. The first-order valence-corrected chi connectivity index (χ1v) is 5.23. The van der Waals surface area contributed by atoms with Gasteiger partial charge in [-0.1, -0.05) is 18.5 Å². The van der Waals surface area contributed by atoms with Gasteiger partial charge in [-0.2, -0.15) is 0 Å². The van der Waals surface area contributed by atoms with Crippen molar-refractivity contribution >= 4 is 22.9 Å². The van der Waals surface area contributed by atoms with E-state index in [1.54, 1.807) is 11.3 Å². The molecule has 1 fully saturated rings. The van der Waals surface area contributed by atoms with Crippen LogP contribution in [0.1, 0.15) is 18.2 Å². The van der Waals surface area contributed by atoms with Crippen LogP contribution in [-0.2, 0) is 5.41 Å². The standard InChI is InChI=1S/C9H11ClOS/c1-9(4-6(9)5-11)7-2-3-8(10)12-7/h2-3,6,11H,4-5H2,1H3. The Kier molecular flexibility index (Phi) is 1.94. The molecule has 0 bridgehead atoms. The van der Waals surface area contributed by atoms with Crippen LogP contribution in [-0.4, -0.2) is 11.7 Å². The summed E-state index contributed by atoms with van der Waals surface area (Å²) in [6.45, 7) is 2.49. The molecule has 0 amide bonds. The third kappa shape index (κ3) is 1.18. The fourth-order valence-electron chi connectivity index (χ4n) is 1.64. The highest BCUT2D eigenvalue weighted by Gasteiger charge is 2.51. The van der Waals surface area contributed by atoms with Crippen LogP contribution < -0.4 is 0 Å². The number of rotatable bonds is 2. The van der Waals surface area contributed by atoms with Crippen molar-refractivity contribution in [2.75, 3.05) is 6.61 Å². The Morgan fingerprint density at radius 2 is 2.50 bits per heavy atom. The molecule has 1 aliphatic carbocycles. The Labute approximate surface area is 81.0 Å². The maximum atomic E-state index is 8.98. The second-order valence-corrected chi connectivity index (χ2v) is 5.32. The summed E-state index contributed by atoms with van der Waals surface area (Å²) in [4.78, 5) is 1.31. The molecule has 1 aromatic rings. The van der Waals surface area contributed by atoms with E-state index in [4.69, 9.17) is 16.7 Å². The maximum absolute atomic E-state index is 8.98. The van der Waals surface area contributed by atoms with Crippen LogP contribution >= 0.6 is 22.9 Å². The number of thiophene rings is 1. The molecular weight excluding hydrogens is 192 g/mol. The molecular formula is C9H11ClOS. The molecule has 1 aliphatic rings. The van der Waals surface area contributed by atoms with Gasteiger partial charge in [0.15, 0.2) is 0 Å². The van der Waals surface area contributed by atoms with E-state index < -0.39 is 0 Å². The summed E-state index contributed by atoms with van der Waals surface area (Å²) in [5.41, 5.74) is 0.215. The molecule has 1 nitrogen and oxygen atoms in total. The molecule has 0 aromatic carbocycles. The molecule has 0 aliphatic heterocycles. The van der Waals surface area contributed by atoms with E-state index in [9.17, 15) is 0 Å². The number of aliphatic hydroxyl groups is 1. The Hall–Kier alpha value is -0.0500. The summed E-state index contributed by atoms with van der Waals surface area (Å²) in [6, 6.07) is 4.00. The van der Waals surface area contributed by atoms with Gasteiger partial charge in [-0.25, -0.2) is 0 Å². The van der Waals surface area contributed by atoms with E-state index in [1.807, 2.05) is 6.07 Å². The largest absolute Gasteiger partial charge is 0.396 e. The van der Waals surface area contributed by atoms with E-state index in [0.29, 0.717) is 12.5 Å². The monoisotopic (exact) mass is 202 g/mol. The molecule has 2 rings (SSSR count). The van der Waals surface area contributed by atoms with Gasteiger partial charge in [0.25, 0.3) is 0 Å². The molecule has 0 spiro atoms. The highest BCUT2D eigenvalue weighted by Crippen LogP contribution is 2.55. The average molecular weight is 203 g/mol. The maximum Gasteiger partial charge on any atom is 0.0931 e. The fraction of sp³-hybridized carbons (Fsp3) is 0.556. The summed E-state index contributed by atoms with van der Waals surface area (Å²) in [6.07, 6.45) is 1.10. The van der Waals surface area contributed by atoms with Crippen LogP contribution in [0.5, 0.6) is 0 Å². The molecule has 1 N–H and O–H groups in total. The first kappa shape index (κ1) is 8.54. The molecule has 1 heterocycles. The second kappa shape index (κ2) is 2.72. The topological polar surface area (TPSA) is 20.2 Å². The minimum atomic E-state index is 0.215. The number of aliphatic hydroxyl groups excluding tert-OH is 1. The number of hydrogen-bond donors (Lipinski definition) is 1. The lowest BCUT2D eigenvalue weighted by molar-refractivity contribution is 0.266. The Morgan fingerprint density at radius 1 is 1.75 bits per heavy atom. The van der Waals surface area contributed by atoms with Crippen molar-refractivity contribution in [2.45, 2.75) is 18.8 Å². The molecule has 0 saturated heterocycles. The summed E-state index contributed by atoms with van der Waals surface area (Å²) in [5, 5.41) is 8.98. The summed E-state index contributed by atoms with van der Waals surface area (Å²) in [5.74, 6) is 0.451. The Morgan fingerprint density at radius 3 is 2.92 bits per heavy atom. The van der Waals surface area contributed by atoms with E-state index >= 15 is 0 Å². The molecule has 12 heavy (non-hydrogen) atoms. The third-order valence-corrected chi connectivity index (χ3v) is 4.28. The number of halogens is 1. The average Bonchev–Trinajstić information content (AvgIpc) is 2.50.